The first-order valence-corrected chi connectivity index (χ1v) is 8.35. The average molecular weight is 339 g/mol. The molecule has 0 atom stereocenters. The van der Waals surface area contributed by atoms with Gasteiger partial charge in [-0.05, 0) is 35.7 Å². The number of benzene rings is 4. The van der Waals surface area contributed by atoms with Crippen LogP contribution in [0.15, 0.2) is 101 Å². The van der Waals surface area contributed by atoms with Gasteiger partial charge in [0.05, 0.1) is 5.69 Å². The molecule has 0 aliphatic rings. The number of nitrogens with one attached hydrogen (secondary N) is 1. The van der Waals surface area contributed by atoms with Crippen molar-refractivity contribution in [2.75, 3.05) is 5.32 Å². The third-order valence-corrected chi connectivity index (χ3v) is 4.09. The molecule has 0 aromatic heterocycles. The van der Waals surface area contributed by atoms with Crippen LogP contribution >= 0.6 is 0 Å². The van der Waals surface area contributed by atoms with Crippen LogP contribution in [-0.2, 0) is 0 Å². The van der Waals surface area contributed by atoms with Gasteiger partial charge in [0.2, 0.25) is 0 Å². The Morgan fingerprint density at radius 2 is 1.38 bits per heavy atom. The zero-order chi connectivity index (χ0) is 17.8. The number of phenols is 1. The molecule has 0 spiro atoms. The molecule has 4 heteroatoms. The van der Waals surface area contributed by atoms with Crippen LogP contribution in [0.2, 0.25) is 0 Å². The third kappa shape index (κ3) is 3.26. The van der Waals surface area contributed by atoms with E-state index in [4.69, 9.17) is 0 Å². The largest absolute Gasteiger partial charge is 0.506 e. The van der Waals surface area contributed by atoms with Gasteiger partial charge in [0.25, 0.3) is 0 Å². The number of phenolic OH excluding ortho intramolecular Hbond substituents is 1. The van der Waals surface area contributed by atoms with Crippen molar-refractivity contribution >= 4 is 33.5 Å². The van der Waals surface area contributed by atoms with Crippen molar-refractivity contribution in [3.05, 3.63) is 91.0 Å². The third-order valence-electron chi connectivity index (χ3n) is 4.09. The van der Waals surface area contributed by atoms with Gasteiger partial charge in [-0.1, -0.05) is 60.7 Å². The fourth-order valence-electron chi connectivity index (χ4n) is 2.79. The van der Waals surface area contributed by atoms with E-state index in [0.29, 0.717) is 5.69 Å². The summed E-state index contributed by atoms with van der Waals surface area (Å²) in [6.45, 7) is 0. The number of hydrogen-bond donors (Lipinski definition) is 2. The molecular formula is C22H17N3O. The second kappa shape index (κ2) is 7.07. The molecule has 2 N–H and O–H groups in total. The van der Waals surface area contributed by atoms with Gasteiger partial charge in [0, 0.05) is 11.1 Å². The minimum absolute atomic E-state index is 0.106. The van der Waals surface area contributed by atoms with E-state index in [-0.39, 0.29) is 5.75 Å². The SMILES string of the molecule is Oc1ccccc1N=Nc1c(Nc2ccccc2)ccc2ccccc12. The van der Waals surface area contributed by atoms with Crippen LogP contribution in [0.1, 0.15) is 0 Å². The predicted octanol–water partition coefficient (Wildman–Crippen LogP) is 6.70. The molecule has 0 radical (unpaired) electrons. The maximum Gasteiger partial charge on any atom is 0.143 e. The number of anilines is 2. The molecule has 0 aliphatic heterocycles. The second-order valence-electron chi connectivity index (χ2n) is 5.86. The van der Waals surface area contributed by atoms with Crippen molar-refractivity contribution in [3.8, 4) is 5.75 Å². The molecule has 0 aliphatic carbocycles. The van der Waals surface area contributed by atoms with Crippen molar-refractivity contribution in [3.63, 3.8) is 0 Å². The highest BCUT2D eigenvalue weighted by atomic mass is 16.3. The molecule has 4 nitrogen and oxygen atoms in total. The summed E-state index contributed by atoms with van der Waals surface area (Å²) in [6.07, 6.45) is 0. The highest BCUT2D eigenvalue weighted by molar-refractivity contribution is 5.99. The van der Waals surface area contributed by atoms with Crippen LogP contribution in [0.4, 0.5) is 22.7 Å². The molecule has 0 amide bonds. The van der Waals surface area contributed by atoms with Crippen molar-refractivity contribution in [1.82, 2.24) is 0 Å². The number of nitrogens with zero attached hydrogens (tertiary/aromatic N) is 2. The van der Waals surface area contributed by atoms with Crippen molar-refractivity contribution < 1.29 is 5.11 Å². The standard InChI is InChI=1S/C22H17N3O/c26-21-13-7-6-12-19(21)24-25-22-18-11-5-4-8-16(18)14-15-20(22)23-17-9-2-1-3-10-17/h1-15,23,26H. The summed E-state index contributed by atoms with van der Waals surface area (Å²) in [7, 11) is 0. The van der Waals surface area contributed by atoms with E-state index >= 15 is 0 Å². The van der Waals surface area contributed by atoms with Crippen LogP contribution < -0.4 is 5.32 Å². The zero-order valence-electron chi connectivity index (χ0n) is 14.0. The Labute approximate surface area is 151 Å². The van der Waals surface area contributed by atoms with Crippen molar-refractivity contribution in [2.24, 2.45) is 10.2 Å². The minimum atomic E-state index is 0.106. The molecule has 26 heavy (non-hydrogen) atoms. The second-order valence-corrected chi connectivity index (χ2v) is 5.86. The van der Waals surface area contributed by atoms with Crippen LogP contribution in [-0.4, -0.2) is 5.11 Å². The summed E-state index contributed by atoms with van der Waals surface area (Å²) in [6, 6.07) is 28.9. The number of azo groups is 1. The fraction of sp³-hybridized carbons (Fsp3) is 0. The number of fused-ring (bicyclic) bond motifs is 1. The molecule has 4 aromatic rings. The highest BCUT2D eigenvalue weighted by Crippen LogP contribution is 2.37. The van der Waals surface area contributed by atoms with Crippen LogP contribution in [0.5, 0.6) is 5.75 Å². The van der Waals surface area contributed by atoms with Gasteiger partial charge in [-0.3, -0.25) is 0 Å². The van der Waals surface area contributed by atoms with Gasteiger partial charge < -0.3 is 10.4 Å². The molecular weight excluding hydrogens is 322 g/mol. The Bertz CT molecular complexity index is 1070. The molecule has 0 fully saturated rings. The van der Waals surface area contributed by atoms with Gasteiger partial charge in [0.1, 0.15) is 17.1 Å². The molecule has 0 bridgehead atoms. The van der Waals surface area contributed by atoms with E-state index in [9.17, 15) is 5.11 Å². The highest BCUT2D eigenvalue weighted by Gasteiger charge is 2.08. The summed E-state index contributed by atoms with van der Waals surface area (Å²) in [5.41, 5.74) is 3.00. The molecule has 0 saturated heterocycles. The minimum Gasteiger partial charge on any atom is -0.506 e. The van der Waals surface area contributed by atoms with Gasteiger partial charge in [0.15, 0.2) is 0 Å². The number of para-hydroxylation sites is 2. The lowest BCUT2D eigenvalue weighted by molar-refractivity contribution is 0.476. The zero-order valence-corrected chi connectivity index (χ0v) is 14.0. The normalized spacial score (nSPS) is 11.1. The summed E-state index contributed by atoms with van der Waals surface area (Å²) >= 11 is 0. The molecule has 126 valence electrons. The summed E-state index contributed by atoms with van der Waals surface area (Å²) in [4.78, 5) is 0. The van der Waals surface area contributed by atoms with E-state index in [2.05, 4.69) is 21.6 Å². The van der Waals surface area contributed by atoms with Gasteiger partial charge in [-0.2, -0.15) is 0 Å². The van der Waals surface area contributed by atoms with Crippen LogP contribution in [0.25, 0.3) is 10.8 Å². The fourth-order valence-corrected chi connectivity index (χ4v) is 2.79. The first-order valence-electron chi connectivity index (χ1n) is 8.35. The molecule has 4 rings (SSSR count). The number of rotatable bonds is 4. The van der Waals surface area contributed by atoms with Gasteiger partial charge in [-0.25, -0.2) is 0 Å². The maximum atomic E-state index is 9.94. The first-order chi connectivity index (χ1) is 12.8. The molecule has 0 unspecified atom stereocenters. The van der Waals surface area contributed by atoms with Gasteiger partial charge in [-0.15, -0.1) is 10.2 Å². The molecule has 0 heterocycles. The Morgan fingerprint density at radius 1 is 0.654 bits per heavy atom. The Balaban J connectivity index is 1.82. The van der Waals surface area contributed by atoms with Crippen LogP contribution in [0, 0.1) is 0 Å². The van der Waals surface area contributed by atoms with Crippen molar-refractivity contribution in [1.29, 1.82) is 0 Å². The first kappa shape index (κ1) is 15.8. The average Bonchev–Trinajstić information content (AvgIpc) is 2.69. The Kier molecular flexibility index (Phi) is 4.31. The monoisotopic (exact) mass is 339 g/mol. The molecule has 0 saturated carbocycles. The van der Waals surface area contributed by atoms with E-state index in [1.54, 1.807) is 18.2 Å². The summed E-state index contributed by atoms with van der Waals surface area (Å²) in [5.74, 6) is 0.106. The van der Waals surface area contributed by atoms with Crippen LogP contribution in [0.3, 0.4) is 0 Å². The quantitative estimate of drug-likeness (QED) is 0.406. The van der Waals surface area contributed by atoms with E-state index < -0.39 is 0 Å². The topological polar surface area (TPSA) is 57.0 Å². The van der Waals surface area contributed by atoms with Crippen molar-refractivity contribution in [2.45, 2.75) is 0 Å². The number of hydrogen-bond acceptors (Lipinski definition) is 4. The van der Waals surface area contributed by atoms with E-state index in [1.165, 1.54) is 0 Å². The summed E-state index contributed by atoms with van der Waals surface area (Å²) < 4.78 is 0. The van der Waals surface area contributed by atoms with E-state index in [1.807, 2.05) is 66.7 Å². The Morgan fingerprint density at radius 3 is 2.23 bits per heavy atom. The molecule has 4 aromatic carbocycles. The smallest absolute Gasteiger partial charge is 0.143 e. The lowest BCUT2D eigenvalue weighted by Crippen LogP contribution is -1.90. The predicted molar refractivity (Wildman–Crippen MR) is 106 cm³/mol. The van der Waals surface area contributed by atoms with Gasteiger partial charge >= 0.3 is 0 Å². The maximum absolute atomic E-state index is 9.94. The number of aromatic hydroxyl groups is 1. The van der Waals surface area contributed by atoms with E-state index in [0.717, 1.165) is 27.8 Å². The lowest BCUT2D eigenvalue weighted by atomic mass is 10.1. The Hall–Kier alpha value is -3.66. The summed E-state index contributed by atoms with van der Waals surface area (Å²) in [5, 5.41) is 24.1. The lowest BCUT2D eigenvalue weighted by Gasteiger charge is -2.11.